The Morgan fingerprint density at radius 3 is 2.45 bits per heavy atom. The van der Waals surface area contributed by atoms with Crippen molar-refractivity contribution in [2.24, 2.45) is 5.73 Å². The van der Waals surface area contributed by atoms with Crippen LogP contribution in [0.3, 0.4) is 0 Å². The van der Waals surface area contributed by atoms with Gasteiger partial charge >= 0.3 is 0 Å². The Morgan fingerprint density at radius 2 is 1.90 bits per heavy atom. The van der Waals surface area contributed by atoms with Gasteiger partial charge in [0.15, 0.2) is 6.10 Å². The molecule has 1 aromatic heterocycles. The zero-order chi connectivity index (χ0) is 14.7. The van der Waals surface area contributed by atoms with Crippen LogP contribution in [0.1, 0.15) is 48.5 Å². The Bertz CT molecular complexity index is 572. The summed E-state index contributed by atoms with van der Waals surface area (Å²) in [4.78, 5) is 0. The van der Waals surface area contributed by atoms with Gasteiger partial charge in [-0.2, -0.15) is 0 Å². The van der Waals surface area contributed by atoms with Gasteiger partial charge in [-0.1, -0.05) is 26.0 Å². The molecule has 1 heterocycles. The van der Waals surface area contributed by atoms with Gasteiger partial charge in [0.1, 0.15) is 17.3 Å². The minimum absolute atomic E-state index is 0.247. The van der Waals surface area contributed by atoms with E-state index in [2.05, 4.69) is 39.0 Å². The minimum Gasteiger partial charge on any atom is -0.481 e. The van der Waals surface area contributed by atoms with Crippen LogP contribution in [0.5, 0.6) is 5.75 Å². The molecule has 0 bridgehead atoms. The number of nitrogens with two attached hydrogens (primary N) is 1. The molecule has 3 nitrogen and oxygen atoms in total. The summed E-state index contributed by atoms with van der Waals surface area (Å²) in [6.45, 7) is 8.69. The van der Waals surface area contributed by atoms with Crippen LogP contribution in [0, 0.1) is 13.8 Å². The molecule has 0 saturated heterocycles. The highest BCUT2D eigenvalue weighted by Crippen LogP contribution is 2.31. The molecular formula is C17H23NO2. The molecule has 0 fully saturated rings. The zero-order valence-corrected chi connectivity index (χ0v) is 12.6. The molecule has 0 amide bonds. The quantitative estimate of drug-likeness (QED) is 0.892. The molecule has 0 saturated carbocycles. The van der Waals surface area contributed by atoms with Crippen LogP contribution in [0.4, 0.5) is 0 Å². The molecule has 1 aromatic carbocycles. The predicted octanol–water partition coefficient (Wildman–Crippen LogP) is 4.10. The first-order chi connectivity index (χ1) is 9.51. The van der Waals surface area contributed by atoms with Crippen LogP contribution < -0.4 is 10.5 Å². The monoisotopic (exact) mass is 273 g/mol. The van der Waals surface area contributed by atoms with Gasteiger partial charge in [0.05, 0.1) is 0 Å². The van der Waals surface area contributed by atoms with E-state index >= 15 is 0 Å². The van der Waals surface area contributed by atoms with Gasteiger partial charge in [-0.3, -0.25) is 0 Å². The van der Waals surface area contributed by atoms with E-state index in [1.165, 1.54) is 11.1 Å². The highest BCUT2D eigenvalue weighted by molar-refractivity contribution is 5.39. The maximum atomic E-state index is 6.12. The van der Waals surface area contributed by atoms with Crippen molar-refractivity contribution in [3.05, 3.63) is 53.0 Å². The van der Waals surface area contributed by atoms with E-state index in [1.807, 2.05) is 19.1 Å². The molecule has 2 rings (SSSR count). The number of hydrogen-bond donors (Lipinski definition) is 1. The molecule has 1 atom stereocenters. The van der Waals surface area contributed by atoms with Crippen molar-refractivity contribution in [1.29, 1.82) is 0 Å². The Kier molecular flexibility index (Phi) is 4.50. The molecule has 0 spiro atoms. The van der Waals surface area contributed by atoms with Crippen molar-refractivity contribution >= 4 is 0 Å². The lowest BCUT2D eigenvalue weighted by molar-refractivity contribution is 0.180. The van der Waals surface area contributed by atoms with E-state index in [-0.39, 0.29) is 6.10 Å². The third-order valence-electron chi connectivity index (χ3n) is 3.35. The van der Waals surface area contributed by atoms with Crippen LogP contribution >= 0.6 is 0 Å². The van der Waals surface area contributed by atoms with Crippen molar-refractivity contribution in [2.45, 2.75) is 39.7 Å². The number of ether oxygens (including phenoxy) is 1. The van der Waals surface area contributed by atoms with E-state index in [0.717, 1.165) is 17.3 Å². The average molecular weight is 273 g/mol. The van der Waals surface area contributed by atoms with Crippen molar-refractivity contribution in [1.82, 2.24) is 0 Å². The zero-order valence-electron chi connectivity index (χ0n) is 12.6. The maximum Gasteiger partial charge on any atom is 0.168 e. The SMILES string of the molecule is Cc1ccc(C(C)C)c(OC(CN)c2ccc(C)o2)c1. The number of benzene rings is 1. The lowest BCUT2D eigenvalue weighted by Crippen LogP contribution is -2.18. The van der Waals surface area contributed by atoms with Gasteiger partial charge in [-0.25, -0.2) is 0 Å². The minimum atomic E-state index is -0.247. The van der Waals surface area contributed by atoms with Crippen LogP contribution in [0.15, 0.2) is 34.7 Å². The van der Waals surface area contributed by atoms with E-state index in [4.69, 9.17) is 14.9 Å². The Labute approximate surface area is 120 Å². The van der Waals surface area contributed by atoms with E-state index < -0.39 is 0 Å². The smallest absolute Gasteiger partial charge is 0.168 e. The fourth-order valence-corrected chi connectivity index (χ4v) is 2.22. The molecule has 3 heteroatoms. The lowest BCUT2D eigenvalue weighted by atomic mass is 10.0. The lowest BCUT2D eigenvalue weighted by Gasteiger charge is -2.20. The number of hydrogen-bond acceptors (Lipinski definition) is 3. The summed E-state index contributed by atoms with van der Waals surface area (Å²) in [6, 6.07) is 10.2. The molecule has 2 N–H and O–H groups in total. The van der Waals surface area contributed by atoms with Crippen LogP contribution in [0.2, 0.25) is 0 Å². The van der Waals surface area contributed by atoms with Crippen molar-refractivity contribution in [2.75, 3.05) is 6.54 Å². The largest absolute Gasteiger partial charge is 0.481 e. The van der Waals surface area contributed by atoms with Gasteiger partial charge in [0.25, 0.3) is 0 Å². The third kappa shape index (κ3) is 3.23. The Hall–Kier alpha value is -1.74. The molecule has 2 aromatic rings. The maximum absolute atomic E-state index is 6.12. The second kappa shape index (κ2) is 6.14. The summed E-state index contributed by atoms with van der Waals surface area (Å²) in [5.74, 6) is 2.95. The third-order valence-corrected chi connectivity index (χ3v) is 3.35. The first-order valence-electron chi connectivity index (χ1n) is 7.05. The molecule has 1 unspecified atom stereocenters. The summed E-state index contributed by atoms with van der Waals surface area (Å²) >= 11 is 0. The van der Waals surface area contributed by atoms with Gasteiger partial charge in [-0.05, 0) is 49.1 Å². The summed E-state index contributed by atoms with van der Waals surface area (Å²) in [5.41, 5.74) is 8.21. The standard InChI is InChI=1S/C17H23NO2/c1-11(2)14-7-5-12(3)9-16(14)20-17(10-18)15-8-6-13(4)19-15/h5-9,11,17H,10,18H2,1-4H3. The van der Waals surface area contributed by atoms with Crippen molar-refractivity contribution < 1.29 is 9.15 Å². The van der Waals surface area contributed by atoms with E-state index in [0.29, 0.717) is 12.5 Å². The normalized spacial score (nSPS) is 12.7. The fraction of sp³-hybridized carbons (Fsp3) is 0.412. The highest BCUT2D eigenvalue weighted by Gasteiger charge is 2.18. The van der Waals surface area contributed by atoms with Crippen molar-refractivity contribution in [3.8, 4) is 5.75 Å². The summed E-state index contributed by atoms with van der Waals surface area (Å²) in [7, 11) is 0. The Balaban J connectivity index is 2.29. The number of rotatable bonds is 5. The molecular weight excluding hydrogens is 250 g/mol. The molecule has 0 aliphatic rings. The average Bonchev–Trinajstić information content (AvgIpc) is 2.82. The van der Waals surface area contributed by atoms with Gasteiger partial charge in [0, 0.05) is 6.54 Å². The van der Waals surface area contributed by atoms with Crippen LogP contribution in [-0.4, -0.2) is 6.54 Å². The Morgan fingerprint density at radius 1 is 1.15 bits per heavy atom. The molecule has 108 valence electrons. The summed E-state index contributed by atoms with van der Waals surface area (Å²) in [6.07, 6.45) is -0.247. The second-order valence-corrected chi connectivity index (χ2v) is 5.49. The van der Waals surface area contributed by atoms with Gasteiger partial charge in [-0.15, -0.1) is 0 Å². The topological polar surface area (TPSA) is 48.4 Å². The van der Waals surface area contributed by atoms with Gasteiger partial charge in [0.2, 0.25) is 0 Å². The second-order valence-electron chi connectivity index (χ2n) is 5.49. The van der Waals surface area contributed by atoms with E-state index in [1.54, 1.807) is 0 Å². The van der Waals surface area contributed by atoms with E-state index in [9.17, 15) is 0 Å². The van der Waals surface area contributed by atoms with Gasteiger partial charge < -0.3 is 14.9 Å². The molecule has 0 aliphatic heterocycles. The fourth-order valence-electron chi connectivity index (χ4n) is 2.22. The number of furan rings is 1. The van der Waals surface area contributed by atoms with Crippen LogP contribution in [0.25, 0.3) is 0 Å². The molecule has 0 aliphatic carbocycles. The first-order valence-corrected chi connectivity index (χ1v) is 7.05. The predicted molar refractivity (Wildman–Crippen MR) is 81.1 cm³/mol. The summed E-state index contributed by atoms with van der Waals surface area (Å²) in [5, 5.41) is 0. The van der Waals surface area contributed by atoms with Crippen LogP contribution in [-0.2, 0) is 0 Å². The molecule has 0 radical (unpaired) electrons. The summed E-state index contributed by atoms with van der Waals surface area (Å²) < 4.78 is 11.8. The molecule has 20 heavy (non-hydrogen) atoms. The number of aryl methyl sites for hydroxylation is 2. The first kappa shape index (κ1) is 14.7. The van der Waals surface area contributed by atoms with Crippen molar-refractivity contribution in [3.63, 3.8) is 0 Å². The highest BCUT2D eigenvalue weighted by atomic mass is 16.5.